The maximum atomic E-state index is 5.85. The molecule has 0 unspecified atom stereocenters. The maximum Gasteiger partial charge on any atom is 0.177 e. The monoisotopic (exact) mass is 335 g/mol. The molecule has 0 saturated heterocycles. The van der Waals surface area contributed by atoms with Crippen LogP contribution in [0.4, 0.5) is 5.82 Å². The summed E-state index contributed by atoms with van der Waals surface area (Å²) in [6.07, 6.45) is 0. The van der Waals surface area contributed by atoms with Gasteiger partial charge in [-0.05, 0) is 35.0 Å². The lowest BCUT2D eigenvalue weighted by molar-refractivity contribution is 0.409. The molecule has 0 aliphatic rings. The first-order valence-corrected chi connectivity index (χ1v) is 6.87. The number of benzene rings is 1. The quantitative estimate of drug-likeness (QED) is 0.778. The number of aromatic nitrogens is 2. The van der Waals surface area contributed by atoms with Gasteiger partial charge >= 0.3 is 0 Å². The zero-order valence-electron chi connectivity index (χ0n) is 11.4. The van der Waals surface area contributed by atoms with Gasteiger partial charge in [0.25, 0.3) is 0 Å². The Morgan fingerprint density at radius 1 is 1.35 bits per heavy atom. The van der Waals surface area contributed by atoms with Crippen LogP contribution in [0.1, 0.15) is 5.76 Å². The van der Waals surface area contributed by atoms with Crippen LogP contribution in [0.15, 0.2) is 27.1 Å². The Hall–Kier alpha value is -1.95. The summed E-state index contributed by atoms with van der Waals surface area (Å²) >= 11 is 3.62. The minimum Gasteiger partial charge on any atom is -0.493 e. The van der Waals surface area contributed by atoms with Crippen molar-refractivity contribution in [3.8, 4) is 17.0 Å². The minimum atomic E-state index is 0.606. The number of halogens is 1. The summed E-state index contributed by atoms with van der Waals surface area (Å²) in [6, 6.07) is 5.70. The average molecular weight is 336 g/mol. The van der Waals surface area contributed by atoms with Crippen molar-refractivity contribution in [2.45, 2.75) is 6.92 Å². The molecule has 0 saturated carbocycles. The number of ether oxygens (including phenoxy) is 1. The van der Waals surface area contributed by atoms with Crippen molar-refractivity contribution < 1.29 is 9.15 Å². The van der Waals surface area contributed by atoms with Crippen molar-refractivity contribution >= 4 is 32.7 Å². The van der Waals surface area contributed by atoms with E-state index in [1.807, 2.05) is 32.2 Å². The summed E-state index contributed by atoms with van der Waals surface area (Å²) in [6.45, 7) is 1.91. The standard InChI is InChI=1S/C14H14BrN3O2/c1-7-4-9-13(15)8(5-11(19-3)14(9)20-7)10-6-12(16)18(2)17-10/h4-6H,16H2,1-3H3. The Morgan fingerprint density at radius 2 is 2.10 bits per heavy atom. The number of hydrogen-bond acceptors (Lipinski definition) is 4. The lowest BCUT2D eigenvalue weighted by Crippen LogP contribution is -1.96. The number of nitrogens with two attached hydrogens (primary N) is 1. The SMILES string of the molecule is COc1cc(-c2cc(N)n(C)n2)c(Br)c2cc(C)oc12. The molecule has 0 amide bonds. The number of nitrogen functional groups attached to an aromatic ring is 1. The van der Waals surface area contributed by atoms with E-state index in [0.717, 1.165) is 32.5 Å². The van der Waals surface area contributed by atoms with E-state index >= 15 is 0 Å². The fourth-order valence-corrected chi connectivity index (χ4v) is 2.83. The van der Waals surface area contributed by atoms with Crippen molar-refractivity contribution in [2.24, 2.45) is 7.05 Å². The predicted molar refractivity (Wildman–Crippen MR) is 81.8 cm³/mol. The van der Waals surface area contributed by atoms with Crippen LogP contribution in [0.3, 0.4) is 0 Å². The Labute approximate surface area is 124 Å². The molecular formula is C14H14BrN3O2. The van der Waals surface area contributed by atoms with Gasteiger partial charge in [0.05, 0.1) is 12.8 Å². The van der Waals surface area contributed by atoms with Crippen LogP contribution in [-0.4, -0.2) is 16.9 Å². The fraction of sp³-hybridized carbons (Fsp3) is 0.214. The van der Waals surface area contributed by atoms with Gasteiger partial charge in [0.1, 0.15) is 11.6 Å². The van der Waals surface area contributed by atoms with E-state index in [1.54, 1.807) is 11.8 Å². The van der Waals surface area contributed by atoms with Gasteiger partial charge in [-0.3, -0.25) is 4.68 Å². The molecule has 2 N–H and O–H groups in total. The molecule has 1 aromatic carbocycles. The Bertz CT molecular complexity index is 785. The third-order valence-electron chi connectivity index (χ3n) is 3.24. The topological polar surface area (TPSA) is 66.2 Å². The zero-order chi connectivity index (χ0) is 14.4. The number of methoxy groups -OCH3 is 1. The number of hydrogen-bond donors (Lipinski definition) is 1. The van der Waals surface area contributed by atoms with Gasteiger partial charge in [-0.25, -0.2) is 0 Å². The Balaban J connectivity index is 2.33. The van der Waals surface area contributed by atoms with Crippen LogP contribution in [0.2, 0.25) is 0 Å². The number of fused-ring (bicyclic) bond motifs is 1. The smallest absolute Gasteiger partial charge is 0.177 e. The molecule has 104 valence electrons. The summed E-state index contributed by atoms with van der Waals surface area (Å²) in [5.74, 6) is 2.11. The summed E-state index contributed by atoms with van der Waals surface area (Å²) in [4.78, 5) is 0. The molecule has 20 heavy (non-hydrogen) atoms. The normalized spacial score (nSPS) is 11.2. The van der Waals surface area contributed by atoms with Crippen molar-refractivity contribution in [3.05, 3.63) is 28.4 Å². The highest BCUT2D eigenvalue weighted by Crippen LogP contribution is 2.41. The Kier molecular flexibility index (Phi) is 2.97. The number of anilines is 1. The van der Waals surface area contributed by atoms with Crippen LogP contribution in [0, 0.1) is 6.92 Å². The van der Waals surface area contributed by atoms with E-state index in [2.05, 4.69) is 21.0 Å². The van der Waals surface area contributed by atoms with E-state index in [4.69, 9.17) is 14.9 Å². The van der Waals surface area contributed by atoms with Gasteiger partial charge in [0, 0.05) is 28.5 Å². The van der Waals surface area contributed by atoms with Gasteiger partial charge in [-0.15, -0.1) is 0 Å². The van der Waals surface area contributed by atoms with Crippen LogP contribution >= 0.6 is 15.9 Å². The van der Waals surface area contributed by atoms with E-state index < -0.39 is 0 Å². The molecule has 6 heteroatoms. The summed E-state index contributed by atoms with van der Waals surface area (Å²) in [7, 11) is 3.43. The number of nitrogens with zero attached hydrogens (tertiary/aromatic N) is 2. The van der Waals surface area contributed by atoms with Crippen LogP contribution in [0.25, 0.3) is 22.2 Å². The number of rotatable bonds is 2. The van der Waals surface area contributed by atoms with Gasteiger partial charge in [-0.1, -0.05) is 0 Å². The van der Waals surface area contributed by atoms with E-state index in [0.29, 0.717) is 11.6 Å². The second kappa shape index (κ2) is 4.56. The lowest BCUT2D eigenvalue weighted by Gasteiger charge is -2.07. The lowest BCUT2D eigenvalue weighted by atomic mass is 10.1. The van der Waals surface area contributed by atoms with Crippen molar-refractivity contribution in [2.75, 3.05) is 12.8 Å². The second-order valence-electron chi connectivity index (χ2n) is 4.62. The van der Waals surface area contributed by atoms with E-state index in [1.165, 1.54) is 0 Å². The summed E-state index contributed by atoms with van der Waals surface area (Å²) in [5.41, 5.74) is 8.28. The first-order chi connectivity index (χ1) is 9.51. The fourth-order valence-electron chi connectivity index (χ4n) is 2.22. The molecule has 0 aliphatic carbocycles. The molecule has 0 fully saturated rings. The van der Waals surface area contributed by atoms with E-state index in [9.17, 15) is 0 Å². The largest absolute Gasteiger partial charge is 0.493 e. The van der Waals surface area contributed by atoms with Gasteiger partial charge < -0.3 is 14.9 Å². The number of furan rings is 1. The first-order valence-electron chi connectivity index (χ1n) is 6.07. The maximum absolute atomic E-state index is 5.85. The Morgan fingerprint density at radius 3 is 2.70 bits per heavy atom. The zero-order valence-corrected chi connectivity index (χ0v) is 13.0. The van der Waals surface area contributed by atoms with E-state index in [-0.39, 0.29) is 0 Å². The number of aryl methyl sites for hydroxylation is 2. The molecule has 2 aromatic heterocycles. The molecule has 0 bridgehead atoms. The highest BCUT2D eigenvalue weighted by atomic mass is 79.9. The van der Waals surface area contributed by atoms with Crippen LogP contribution in [-0.2, 0) is 7.05 Å². The van der Waals surface area contributed by atoms with Crippen molar-refractivity contribution in [1.82, 2.24) is 9.78 Å². The van der Waals surface area contributed by atoms with Crippen molar-refractivity contribution in [3.63, 3.8) is 0 Å². The third-order valence-corrected chi connectivity index (χ3v) is 4.09. The highest BCUT2D eigenvalue weighted by Gasteiger charge is 2.18. The van der Waals surface area contributed by atoms with Crippen molar-refractivity contribution in [1.29, 1.82) is 0 Å². The summed E-state index contributed by atoms with van der Waals surface area (Å²) in [5, 5.41) is 5.37. The molecule has 3 rings (SSSR count). The average Bonchev–Trinajstić information content (AvgIpc) is 2.94. The van der Waals surface area contributed by atoms with Gasteiger partial charge in [0.15, 0.2) is 11.3 Å². The highest BCUT2D eigenvalue weighted by molar-refractivity contribution is 9.10. The molecule has 3 aromatic rings. The van der Waals surface area contributed by atoms with Gasteiger partial charge in [-0.2, -0.15) is 5.10 Å². The van der Waals surface area contributed by atoms with Crippen LogP contribution < -0.4 is 10.5 Å². The summed E-state index contributed by atoms with van der Waals surface area (Å²) < 4.78 is 13.7. The molecule has 0 aliphatic heterocycles. The predicted octanol–water partition coefficient (Wildman–Crippen LogP) is 3.50. The molecule has 5 nitrogen and oxygen atoms in total. The van der Waals surface area contributed by atoms with Crippen LogP contribution in [0.5, 0.6) is 5.75 Å². The molecule has 0 atom stereocenters. The van der Waals surface area contributed by atoms with Gasteiger partial charge in [0.2, 0.25) is 0 Å². The molecule has 2 heterocycles. The second-order valence-corrected chi connectivity index (χ2v) is 5.41. The molecule has 0 radical (unpaired) electrons. The third kappa shape index (κ3) is 1.87. The molecular weight excluding hydrogens is 322 g/mol. The first kappa shape index (κ1) is 13.1. The molecule has 0 spiro atoms. The minimum absolute atomic E-state index is 0.606.